The van der Waals surface area contributed by atoms with E-state index in [9.17, 15) is 5.11 Å². The number of aromatic hydroxyl groups is 1. The van der Waals surface area contributed by atoms with Gasteiger partial charge < -0.3 is 10.2 Å². The summed E-state index contributed by atoms with van der Waals surface area (Å²) >= 11 is 0. The Balaban J connectivity index is 1.79. The van der Waals surface area contributed by atoms with Gasteiger partial charge in [-0.05, 0) is 17.7 Å². The Morgan fingerprint density at radius 1 is 0.941 bits per heavy atom. The summed E-state index contributed by atoms with van der Waals surface area (Å²) in [6.07, 6.45) is 0. The summed E-state index contributed by atoms with van der Waals surface area (Å²) < 4.78 is 0. The summed E-state index contributed by atoms with van der Waals surface area (Å²) in [5, 5.41) is 18.1. The van der Waals surface area contributed by atoms with Crippen LogP contribution < -0.4 is 0 Å². The van der Waals surface area contributed by atoms with E-state index in [1.54, 1.807) is 12.1 Å². The summed E-state index contributed by atoms with van der Waals surface area (Å²) in [6.45, 7) is 6.11. The van der Waals surface area contributed by atoms with Crippen LogP contribution in [0.1, 0.15) is 5.56 Å². The molecule has 0 radical (unpaired) electrons. The Bertz CT molecular complexity index is 332. The van der Waals surface area contributed by atoms with E-state index >= 15 is 0 Å². The Labute approximate surface area is 102 Å². The van der Waals surface area contributed by atoms with Gasteiger partial charge in [0.25, 0.3) is 0 Å². The highest BCUT2D eigenvalue weighted by atomic mass is 16.3. The lowest BCUT2D eigenvalue weighted by Gasteiger charge is -2.34. The number of phenols is 1. The van der Waals surface area contributed by atoms with Crippen molar-refractivity contribution >= 4 is 0 Å². The van der Waals surface area contributed by atoms with E-state index in [0.29, 0.717) is 5.75 Å². The molecule has 4 nitrogen and oxygen atoms in total. The average molecular weight is 236 g/mol. The van der Waals surface area contributed by atoms with E-state index in [1.807, 2.05) is 12.1 Å². The minimum atomic E-state index is 0.248. The molecule has 0 amide bonds. The van der Waals surface area contributed by atoms with E-state index in [0.717, 1.165) is 39.3 Å². The molecule has 94 valence electrons. The largest absolute Gasteiger partial charge is 0.508 e. The van der Waals surface area contributed by atoms with Crippen LogP contribution in [-0.4, -0.2) is 59.3 Å². The van der Waals surface area contributed by atoms with Crippen molar-refractivity contribution in [2.45, 2.75) is 6.54 Å². The Kier molecular flexibility index (Phi) is 4.36. The third kappa shape index (κ3) is 3.70. The molecule has 1 saturated heterocycles. The van der Waals surface area contributed by atoms with Gasteiger partial charge in [0, 0.05) is 39.3 Å². The normalized spacial score (nSPS) is 18.4. The number of benzene rings is 1. The van der Waals surface area contributed by atoms with E-state index in [-0.39, 0.29) is 6.61 Å². The van der Waals surface area contributed by atoms with Crippen LogP contribution in [-0.2, 0) is 6.54 Å². The van der Waals surface area contributed by atoms with Crippen molar-refractivity contribution in [3.8, 4) is 5.75 Å². The molecule has 0 atom stereocenters. The molecule has 1 aromatic carbocycles. The van der Waals surface area contributed by atoms with Crippen molar-refractivity contribution in [3.05, 3.63) is 29.8 Å². The number of hydrogen-bond acceptors (Lipinski definition) is 4. The molecule has 1 aliphatic heterocycles. The fourth-order valence-electron chi connectivity index (χ4n) is 2.17. The van der Waals surface area contributed by atoms with Crippen LogP contribution in [0.4, 0.5) is 0 Å². The highest BCUT2D eigenvalue weighted by molar-refractivity contribution is 5.25. The number of phenolic OH excluding ortho intramolecular Hbond substituents is 1. The van der Waals surface area contributed by atoms with Crippen LogP contribution in [0.25, 0.3) is 0 Å². The third-order valence-electron chi connectivity index (χ3n) is 3.22. The quantitative estimate of drug-likeness (QED) is 0.799. The number of nitrogens with zero attached hydrogens (tertiary/aromatic N) is 2. The summed E-state index contributed by atoms with van der Waals surface area (Å²) in [5.41, 5.74) is 1.23. The molecule has 0 unspecified atom stereocenters. The molecule has 0 aliphatic carbocycles. The van der Waals surface area contributed by atoms with Gasteiger partial charge in [0.2, 0.25) is 0 Å². The van der Waals surface area contributed by atoms with Gasteiger partial charge in [-0.3, -0.25) is 9.80 Å². The van der Waals surface area contributed by atoms with E-state index in [2.05, 4.69) is 9.80 Å². The minimum absolute atomic E-state index is 0.248. The minimum Gasteiger partial charge on any atom is -0.508 e. The molecule has 1 fully saturated rings. The van der Waals surface area contributed by atoms with Crippen molar-refractivity contribution in [1.82, 2.24) is 9.80 Å². The lowest BCUT2D eigenvalue weighted by atomic mass is 10.2. The van der Waals surface area contributed by atoms with Crippen LogP contribution in [0.15, 0.2) is 24.3 Å². The number of aliphatic hydroxyl groups is 1. The summed E-state index contributed by atoms with van der Waals surface area (Å²) in [6, 6.07) is 7.40. The van der Waals surface area contributed by atoms with Crippen molar-refractivity contribution in [2.75, 3.05) is 39.3 Å². The lowest BCUT2D eigenvalue weighted by Crippen LogP contribution is -2.46. The summed E-state index contributed by atoms with van der Waals surface area (Å²) in [5.74, 6) is 0.321. The van der Waals surface area contributed by atoms with E-state index < -0.39 is 0 Å². The predicted molar refractivity (Wildman–Crippen MR) is 66.9 cm³/mol. The van der Waals surface area contributed by atoms with Gasteiger partial charge in [0.1, 0.15) is 5.75 Å². The maximum atomic E-state index is 9.21. The second kappa shape index (κ2) is 6.00. The van der Waals surface area contributed by atoms with Crippen molar-refractivity contribution < 1.29 is 10.2 Å². The van der Waals surface area contributed by atoms with Crippen LogP contribution >= 0.6 is 0 Å². The van der Waals surface area contributed by atoms with Gasteiger partial charge >= 0.3 is 0 Å². The number of β-amino-alcohol motifs (C(OH)–C–C–N with tert-alkyl or cyclic N) is 1. The molecule has 0 saturated carbocycles. The number of piperazine rings is 1. The maximum absolute atomic E-state index is 9.21. The molecule has 17 heavy (non-hydrogen) atoms. The first-order valence-electron chi connectivity index (χ1n) is 6.11. The van der Waals surface area contributed by atoms with Gasteiger partial charge in [-0.1, -0.05) is 12.1 Å². The highest BCUT2D eigenvalue weighted by Gasteiger charge is 2.15. The molecule has 1 aliphatic rings. The Morgan fingerprint density at radius 3 is 2.12 bits per heavy atom. The topological polar surface area (TPSA) is 46.9 Å². The van der Waals surface area contributed by atoms with Gasteiger partial charge in [-0.2, -0.15) is 0 Å². The Morgan fingerprint density at radius 2 is 1.53 bits per heavy atom. The number of rotatable bonds is 4. The van der Waals surface area contributed by atoms with Crippen LogP contribution in [0, 0.1) is 0 Å². The second-order valence-electron chi connectivity index (χ2n) is 4.51. The SMILES string of the molecule is OCCN1CCN(Cc2ccc(O)cc2)CC1. The van der Waals surface area contributed by atoms with Gasteiger partial charge in [0.15, 0.2) is 0 Å². The first-order chi connectivity index (χ1) is 8.28. The lowest BCUT2D eigenvalue weighted by molar-refractivity contribution is 0.108. The molecular formula is C13H20N2O2. The average Bonchev–Trinajstić information content (AvgIpc) is 2.35. The zero-order chi connectivity index (χ0) is 12.1. The van der Waals surface area contributed by atoms with Crippen molar-refractivity contribution in [2.24, 2.45) is 0 Å². The van der Waals surface area contributed by atoms with Crippen LogP contribution in [0.5, 0.6) is 5.75 Å². The smallest absolute Gasteiger partial charge is 0.115 e. The predicted octanol–water partition coefficient (Wildman–Crippen LogP) is 0.502. The monoisotopic (exact) mass is 236 g/mol. The van der Waals surface area contributed by atoms with Gasteiger partial charge in [-0.15, -0.1) is 0 Å². The zero-order valence-electron chi connectivity index (χ0n) is 10.0. The Hall–Kier alpha value is -1.10. The fraction of sp³-hybridized carbons (Fsp3) is 0.538. The first kappa shape index (κ1) is 12.4. The molecule has 0 aromatic heterocycles. The molecule has 0 bridgehead atoms. The summed E-state index contributed by atoms with van der Waals surface area (Å²) in [4.78, 5) is 4.69. The van der Waals surface area contributed by atoms with Crippen LogP contribution in [0.3, 0.4) is 0 Å². The molecule has 4 heteroatoms. The van der Waals surface area contributed by atoms with Crippen molar-refractivity contribution in [3.63, 3.8) is 0 Å². The standard InChI is InChI=1S/C13H20N2O2/c16-10-9-14-5-7-15(8-6-14)11-12-1-3-13(17)4-2-12/h1-4,16-17H,5-11H2. The third-order valence-corrected chi connectivity index (χ3v) is 3.22. The number of aliphatic hydroxyl groups excluding tert-OH is 1. The molecule has 1 aromatic rings. The van der Waals surface area contributed by atoms with E-state index in [1.165, 1.54) is 5.56 Å². The highest BCUT2D eigenvalue weighted by Crippen LogP contribution is 2.12. The first-order valence-corrected chi connectivity index (χ1v) is 6.11. The molecule has 1 heterocycles. The second-order valence-corrected chi connectivity index (χ2v) is 4.51. The molecular weight excluding hydrogens is 216 g/mol. The van der Waals surface area contributed by atoms with Crippen LogP contribution in [0.2, 0.25) is 0 Å². The van der Waals surface area contributed by atoms with Gasteiger partial charge in [-0.25, -0.2) is 0 Å². The molecule has 2 rings (SSSR count). The van der Waals surface area contributed by atoms with E-state index in [4.69, 9.17) is 5.11 Å². The zero-order valence-corrected chi connectivity index (χ0v) is 10.0. The van der Waals surface area contributed by atoms with Gasteiger partial charge in [0.05, 0.1) is 6.61 Å². The molecule has 0 spiro atoms. The van der Waals surface area contributed by atoms with Crippen molar-refractivity contribution in [1.29, 1.82) is 0 Å². The summed E-state index contributed by atoms with van der Waals surface area (Å²) in [7, 11) is 0. The maximum Gasteiger partial charge on any atom is 0.115 e. The number of hydrogen-bond donors (Lipinski definition) is 2. The molecule has 2 N–H and O–H groups in total. The fourth-order valence-corrected chi connectivity index (χ4v) is 2.17.